The van der Waals surface area contributed by atoms with Gasteiger partial charge in [0, 0.05) is 0 Å². The molecule has 2 heterocycles. The maximum atomic E-state index is 5.82. The van der Waals surface area contributed by atoms with Crippen LogP contribution < -0.4 is 9.47 Å². The van der Waals surface area contributed by atoms with Crippen LogP contribution in [0, 0.1) is 4.77 Å². The highest BCUT2D eigenvalue weighted by atomic mass is 32.1. The predicted molar refractivity (Wildman–Crippen MR) is 112 cm³/mol. The van der Waals surface area contributed by atoms with Gasteiger partial charge in [0.15, 0.2) is 17.3 Å². The molecular formula is C19H22N4O2S2. The average Bonchev–Trinajstić information content (AvgIpc) is 3.31. The first-order chi connectivity index (χ1) is 13.2. The Kier molecular flexibility index (Phi) is 6.78. The number of hydrogen-bond donors (Lipinski definition) is 1. The standard InChI is InChI=1S/C19H22N4O2S2/c1-3-5-10-25-15-9-8-14(12-16(15)24-4-2)13-20-23-18(21-22-19(23)26)17-7-6-11-27-17/h6-9,11-13H,3-5,10H2,1-2H3,(H,22,26)/b20-13-. The normalized spacial score (nSPS) is 11.2. The maximum absolute atomic E-state index is 5.82. The first kappa shape index (κ1) is 19.3. The van der Waals surface area contributed by atoms with Crippen LogP contribution in [0.2, 0.25) is 0 Å². The van der Waals surface area contributed by atoms with E-state index in [0.717, 1.165) is 29.0 Å². The summed E-state index contributed by atoms with van der Waals surface area (Å²) in [5.74, 6) is 2.16. The lowest BCUT2D eigenvalue weighted by atomic mass is 10.2. The average molecular weight is 403 g/mol. The molecule has 0 spiro atoms. The molecule has 0 saturated heterocycles. The maximum Gasteiger partial charge on any atom is 0.216 e. The van der Waals surface area contributed by atoms with E-state index in [1.807, 2.05) is 42.6 Å². The van der Waals surface area contributed by atoms with Gasteiger partial charge in [-0.25, -0.2) is 5.10 Å². The largest absolute Gasteiger partial charge is 0.490 e. The zero-order valence-corrected chi connectivity index (χ0v) is 17.0. The number of benzene rings is 1. The topological polar surface area (TPSA) is 64.4 Å². The lowest BCUT2D eigenvalue weighted by Gasteiger charge is -2.12. The van der Waals surface area contributed by atoms with Crippen LogP contribution in [0.4, 0.5) is 0 Å². The summed E-state index contributed by atoms with van der Waals surface area (Å²) in [6.45, 7) is 5.34. The molecule has 0 atom stereocenters. The number of unbranched alkanes of at least 4 members (excludes halogenated alkanes) is 1. The predicted octanol–water partition coefficient (Wildman–Crippen LogP) is 5.13. The molecule has 6 nitrogen and oxygen atoms in total. The smallest absolute Gasteiger partial charge is 0.216 e. The number of hydrogen-bond acceptors (Lipinski definition) is 6. The molecule has 27 heavy (non-hydrogen) atoms. The van der Waals surface area contributed by atoms with E-state index >= 15 is 0 Å². The lowest BCUT2D eigenvalue weighted by Crippen LogP contribution is -2.01. The first-order valence-corrected chi connectivity index (χ1v) is 10.2. The fraction of sp³-hybridized carbons (Fsp3) is 0.316. The summed E-state index contributed by atoms with van der Waals surface area (Å²) >= 11 is 6.89. The molecule has 142 valence electrons. The van der Waals surface area contributed by atoms with Crippen LogP contribution in [0.1, 0.15) is 32.3 Å². The summed E-state index contributed by atoms with van der Waals surface area (Å²) in [6.07, 6.45) is 3.84. The van der Waals surface area contributed by atoms with Crippen molar-refractivity contribution >= 4 is 29.8 Å². The summed E-state index contributed by atoms with van der Waals surface area (Å²) in [5.41, 5.74) is 0.890. The molecule has 0 aliphatic carbocycles. The van der Waals surface area contributed by atoms with Gasteiger partial charge in [-0.05, 0) is 60.8 Å². The second kappa shape index (κ2) is 9.48. The Labute approximate surface area is 167 Å². The van der Waals surface area contributed by atoms with E-state index in [1.165, 1.54) is 0 Å². The third kappa shape index (κ3) is 4.84. The van der Waals surface area contributed by atoms with Crippen molar-refractivity contribution in [2.75, 3.05) is 13.2 Å². The van der Waals surface area contributed by atoms with Crippen LogP contribution in [0.3, 0.4) is 0 Å². The third-order valence-corrected chi connectivity index (χ3v) is 4.87. The third-order valence-electron chi connectivity index (χ3n) is 3.74. The van der Waals surface area contributed by atoms with Gasteiger partial charge in [-0.2, -0.15) is 14.9 Å². The molecule has 3 aromatic rings. The molecule has 3 rings (SSSR count). The van der Waals surface area contributed by atoms with E-state index in [0.29, 0.717) is 29.6 Å². The quantitative estimate of drug-likeness (QED) is 0.306. The van der Waals surface area contributed by atoms with Gasteiger partial charge in [0.2, 0.25) is 4.77 Å². The van der Waals surface area contributed by atoms with Crippen molar-refractivity contribution in [1.82, 2.24) is 14.9 Å². The minimum atomic E-state index is 0.444. The summed E-state index contributed by atoms with van der Waals surface area (Å²) in [5, 5.41) is 13.6. The number of aromatic nitrogens is 3. The number of H-pyrrole nitrogens is 1. The van der Waals surface area contributed by atoms with Crippen molar-refractivity contribution in [2.45, 2.75) is 26.7 Å². The Balaban J connectivity index is 1.84. The zero-order valence-electron chi connectivity index (χ0n) is 15.3. The van der Waals surface area contributed by atoms with Crippen molar-refractivity contribution < 1.29 is 9.47 Å². The number of rotatable bonds is 9. The number of nitrogens with one attached hydrogen (secondary N) is 1. The van der Waals surface area contributed by atoms with Crippen LogP contribution in [-0.2, 0) is 0 Å². The van der Waals surface area contributed by atoms with Gasteiger partial charge in [-0.15, -0.1) is 11.3 Å². The SMILES string of the molecule is CCCCOc1ccc(/C=N\n2c(-c3cccs3)n[nH]c2=S)cc1OCC. The number of thiophene rings is 1. The van der Waals surface area contributed by atoms with Crippen molar-refractivity contribution in [3.8, 4) is 22.2 Å². The summed E-state index contributed by atoms with van der Waals surface area (Å²) in [6, 6.07) is 9.73. The second-order valence-corrected chi connectivity index (χ2v) is 7.06. The molecule has 1 aromatic carbocycles. The van der Waals surface area contributed by atoms with Crippen molar-refractivity contribution in [3.05, 3.63) is 46.0 Å². The lowest BCUT2D eigenvalue weighted by molar-refractivity contribution is 0.272. The van der Waals surface area contributed by atoms with E-state index in [1.54, 1.807) is 22.2 Å². The van der Waals surface area contributed by atoms with Crippen LogP contribution in [0.5, 0.6) is 11.5 Å². The Bertz CT molecular complexity index is 945. The van der Waals surface area contributed by atoms with Gasteiger partial charge in [0.05, 0.1) is 24.3 Å². The van der Waals surface area contributed by atoms with Crippen LogP contribution in [-0.4, -0.2) is 34.3 Å². The van der Waals surface area contributed by atoms with Crippen molar-refractivity contribution in [2.24, 2.45) is 5.10 Å². The molecule has 0 bridgehead atoms. The first-order valence-electron chi connectivity index (χ1n) is 8.88. The fourth-order valence-electron chi connectivity index (χ4n) is 2.41. The molecular weight excluding hydrogens is 380 g/mol. The minimum absolute atomic E-state index is 0.444. The Hall–Kier alpha value is -2.45. The number of aromatic amines is 1. The van der Waals surface area contributed by atoms with E-state index in [9.17, 15) is 0 Å². The molecule has 0 saturated carbocycles. The molecule has 0 unspecified atom stereocenters. The number of nitrogens with zero attached hydrogens (tertiary/aromatic N) is 3. The van der Waals surface area contributed by atoms with Crippen LogP contribution >= 0.6 is 23.6 Å². The minimum Gasteiger partial charge on any atom is -0.490 e. The molecule has 0 aliphatic rings. The van der Waals surface area contributed by atoms with E-state index in [-0.39, 0.29) is 0 Å². The summed E-state index contributed by atoms with van der Waals surface area (Å²) < 4.78 is 13.6. The molecule has 0 aliphatic heterocycles. The second-order valence-electron chi connectivity index (χ2n) is 5.73. The van der Waals surface area contributed by atoms with Gasteiger partial charge >= 0.3 is 0 Å². The van der Waals surface area contributed by atoms with Crippen molar-refractivity contribution in [3.63, 3.8) is 0 Å². The highest BCUT2D eigenvalue weighted by molar-refractivity contribution is 7.71. The van der Waals surface area contributed by atoms with Crippen LogP contribution in [0.15, 0.2) is 40.8 Å². The summed E-state index contributed by atoms with van der Waals surface area (Å²) in [4.78, 5) is 0.995. The summed E-state index contributed by atoms with van der Waals surface area (Å²) in [7, 11) is 0. The molecule has 1 N–H and O–H groups in total. The van der Waals surface area contributed by atoms with Gasteiger partial charge in [0.25, 0.3) is 0 Å². The van der Waals surface area contributed by atoms with Gasteiger partial charge in [0.1, 0.15) is 0 Å². The molecule has 2 aromatic heterocycles. The van der Waals surface area contributed by atoms with Gasteiger partial charge in [-0.1, -0.05) is 19.4 Å². The fourth-order valence-corrected chi connectivity index (χ4v) is 3.29. The monoisotopic (exact) mass is 402 g/mol. The molecule has 0 fully saturated rings. The zero-order chi connectivity index (χ0) is 19.1. The van der Waals surface area contributed by atoms with Crippen LogP contribution in [0.25, 0.3) is 10.7 Å². The Morgan fingerprint density at radius 3 is 2.89 bits per heavy atom. The molecule has 0 amide bonds. The van der Waals surface area contributed by atoms with E-state index < -0.39 is 0 Å². The van der Waals surface area contributed by atoms with Crippen molar-refractivity contribution in [1.29, 1.82) is 0 Å². The number of ether oxygens (including phenoxy) is 2. The highest BCUT2D eigenvalue weighted by Crippen LogP contribution is 2.28. The molecule has 8 heteroatoms. The highest BCUT2D eigenvalue weighted by Gasteiger charge is 2.09. The Morgan fingerprint density at radius 2 is 2.15 bits per heavy atom. The van der Waals surface area contributed by atoms with E-state index in [2.05, 4.69) is 22.2 Å². The van der Waals surface area contributed by atoms with Gasteiger partial charge < -0.3 is 9.47 Å². The molecule has 0 radical (unpaired) electrons. The Morgan fingerprint density at radius 1 is 1.26 bits per heavy atom. The van der Waals surface area contributed by atoms with E-state index in [4.69, 9.17) is 21.7 Å². The van der Waals surface area contributed by atoms with Gasteiger partial charge in [-0.3, -0.25) is 0 Å².